The lowest BCUT2D eigenvalue weighted by Crippen LogP contribution is -2.61. The quantitative estimate of drug-likeness (QED) is 0.788. The molecule has 3 aliphatic rings. The molecule has 5 nitrogen and oxygen atoms in total. The fraction of sp³-hybridized carbons (Fsp3) is 0.923. The molecule has 2 aliphatic heterocycles. The lowest BCUT2D eigenvalue weighted by atomic mass is 9.73. The summed E-state index contributed by atoms with van der Waals surface area (Å²) in [5.41, 5.74) is 0.348. The molecule has 0 aromatic rings. The van der Waals surface area contributed by atoms with E-state index < -0.39 is 11.0 Å². The van der Waals surface area contributed by atoms with Crippen molar-refractivity contribution in [1.29, 1.82) is 0 Å². The van der Waals surface area contributed by atoms with Crippen LogP contribution in [0.1, 0.15) is 25.7 Å². The molecule has 1 unspecified atom stereocenters. The smallest absolute Gasteiger partial charge is 0.236 e. The number of nitrogens with zero attached hydrogens (tertiary/aromatic N) is 2. The van der Waals surface area contributed by atoms with Gasteiger partial charge in [-0.25, -0.2) is 8.51 Å². The molecule has 6 heteroatoms. The Balaban J connectivity index is 1.46. The number of likely N-dealkylation sites (N-methyl/N-ethyl adjacent to an activating group) is 1. The number of piperidine rings is 1. The summed E-state index contributed by atoms with van der Waals surface area (Å²) in [7, 11) is 1.08. The van der Waals surface area contributed by atoms with Gasteiger partial charge in [-0.2, -0.15) is 0 Å². The van der Waals surface area contributed by atoms with Gasteiger partial charge in [-0.1, -0.05) is 0 Å². The molecule has 3 fully saturated rings. The van der Waals surface area contributed by atoms with Crippen LogP contribution in [0.3, 0.4) is 0 Å². The van der Waals surface area contributed by atoms with Crippen molar-refractivity contribution in [3.8, 4) is 0 Å². The van der Waals surface area contributed by atoms with Crippen LogP contribution in [0.5, 0.6) is 0 Å². The van der Waals surface area contributed by atoms with Crippen molar-refractivity contribution >= 4 is 16.9 Å². The summed E-state index contributed by atoms with van der Waals surface area (Å²) in [5.74, 6) is 0.204. The first-order valence-electron chi connectivity index (χ1n) is 7.22. The van der Waals surface area contributed by atoms with Crippen LogP contribution in [0, 0.1) is 5.41 Å². The summed E-state index contributed by atoms with van der Waals surface area (Å²) in [6.07, 6.45) is 4.42. The fourth-order valence-corrected chi connectivity index (χ4v) is 4.88. The molecule has 0 radical (unpaired) electrons. The average Bonchev–Trinajstić information content (AvgIpc) is 3.20. The van der Waals surface area contributed by atoms with E-state index in [0.717, 1.165) is 51.9 Å². The third-order valence-corrected chi connectivity index (χ3v) is 6.40. The summed E-state index contributed by atoms with van der Waals surface area (Å²) < 4.78 is 14.2. The van der Waals surface area contributed by atoms with E-state index in [2.05, 4.69) is 9.62 Å². The maximum absolute atomic E-state index is 12.0. The third kappa shape index (κ3) is 2.71. The van der Waals surface area contributed by atoms with E-state index in [9.17, 15) is 9.00 Å². The molecule has 0 bridgehead atoms. The molecule has 19 heavy (non-hydrogen) atoms. The van der Waals surface area contributed by atoms with Crippen LogP contribution in [0.4, 0.5) is 0 Å². The standard InChI is InChI=1S/C13H23N3O2S/c1-14-8-12(17)15-6-4-13(5-7-15)9-16(10-13)19(18)11-2-3-11/h11,14H,2-10H2,1H3. The molecule has 1 aliphatic carbocycles. The van der Waals surface area contributed by atoms with Gasteiger partial charge in [0.1, 0.15) is 0 Å². The molecule has 2 heterocycles. The second-order valence-corrected chi connectivity index (χ2v) is 7.92. The highest BCUT2D eigenvalue weighted by Gasteiger charge is 2.49. The highest BCUT2D eigenvalue weighted by molar-refractivity contribution is 7.83. The molecule has 1 amide bonds. The minimum absolute atomic E-state index is 0.204. The number of likely N-dealkylation sites (tertiary alicyclic amines) is 1. The largest absolute Gasteiger partial charge is 0.342 e. The summed E-state index contributed by atoms with van der Waals surface area (Å²) >= 11 is 0. The van der Waals surface area contributed by atoms with E-state index in [4.69, 9.17) is 0 Å². The summed E-state index contributed by atoms with van der Waals surface area (Å²) in [6, 6.07) is 0. The van der Waals surface area contributed by atoms with Crippen LogP contribution in [0.25, 0.3) is 0 Å². The minimum Gasteiger partial charge on any atom is -0.342 e. The van der Waals surface area contributed by atoms with Gasteiger partial charge < -0.3 is 10.2 Å². The number of hydrogen-bond acceptors (Lipinski definition) is 3. The van der Waals surface area contributed by atoms with E-state index in [-0.39, 0.29) is 5.91 Å². The Labute approximate surface area is 117 Å². The van der Waals surface area contributed by atoms with E-state index in [1.54, 1.807) is 7.05 Å². The monoisotopic (exact) mass is 285 g/mol. The van der Waals surface area contributed by atoms with Crippen molar-refractivity contribution in [1.82, 2.24) is 14.5 Å². The average molecular weight is 285 g/mol. The molecule has 1 saturated carbocycles. The van der Waals surface area contributed by atoms with Gasteiger partial charge in [0, 0.05) is 36.8 Å². The van der Waals surface area contributed by atoms with Crippen LogP contribution in [0.15, 0.2) is 0 Å². The van der Waals surface area contributed by atoms with E-state index in [1.807, 2.05) is 4.90 Å². The van der Waals surface area contributed by atoms with Crippen molar-refractivity contribution in [3.05, 3.63) is 0 Å². The van der Waals surface area contributed by atoms with Crippen molar-refractivity contribution < 1.29 is 9.00 Å². The van der Waals surface area contributed by atoms with Gasteiger partial charge in [0.15, 0.2) is 0 Å². The Bertz CT molecular complexity index is 381. The Morgan fingerprint density at radius 2 is 1.95 bits per heavy atom. The number of carbonyl (C=O) groups is 1. The Morgan fingerprint density at radius 3 is 2.47 bits per heavy atom. The van der Waals surface area contributed by atoms with Gasteiger partial charge in [-0.3, -0.25) is 4.79 Å². The SMILES string of the molecule is CNCC(=O)N1CCC2(CC1)CN(S(=O)C1CC1)C2. The second kappa shape index (κ2) is 5.14. The topological polar surface area (TPSA) is 52.7 Å². The lowest BCUT2D eigenvalue weighted by molar-refractivity contribution is -0.133. The third-order valence-electron chi connectivity index (χ3n) is 4.59. The fourth-order valence-electron chi connectivity index (χ4n) is 3.12. The summed E-state index contributed by atoms with van der Waals surface area (Å²) in [6.45, 7) is 4.12. The highest BCUT2D eigenvalue weighted by Crippen LogP contribution is 2.43. The second-order valence-electron chi connectivity index (χ2n) is 6.18. The van der Waals surface area contributed by atoms with Crippen molar-refractivity contribution in [2.75, 3.05) is 39.8 Å². The number of carbonyl (C=O) groups excluding carboxylic acids is 1. The van der Waals surface area contributed by atoms with Crippen molar-refractivity contribution in [2.45, 2.75) is 30.9 Å². The normalized spacial score (nSPS) is 28.2. The molecule has 1 atom stereocenters. The van der Waals surface area contributed by atoms with E-state index >= 15 is 0 Å². The maximum atomic E-state index is 12.0. The van der Waals surface area contributed by atoms with Gasteiger partial charge in [-0.05, 0) is 32.7 Å². The molecule has 1 spiro atoms. The summed E-state index contributed by atoms with van der Waals surface area (Å²) in [4.78, 5) is 13.8. The van der Waals surface area contributed by atoms with Crippen molar-refractivity contribution in [3.63, 3.8) is 0 Å². The Kier molecular flexibility index (Phi) is 3.66. The van der Waals surface area contributed by atoms with Crippen LogP contribution in [0.2, 0.25) is 0 Å². The zero-order valence-corrected chi connectivity index (χ0v) is 12.4. The maximum Gasteiger partial charge on any atom is 0.236 e. The van der Waals surface area contributed by atoms with Crippen LogP contribution in [-0.4, -0.2) is 64.3 Å². The first kappa shape index (κ1) is 13.5. The predicted molar refractivity (Wildman–Crippen MR) is 74.9 cm³/mol. The molecule has 0 aromatic heterocycles. The summed E-state index contributed by atoms with van der Waals surface area (Å²) in [5, 5.41) is 3.37. The molecule has 1 N–H and O–H groups in total. The molecule has 108 valence electrons. The highest BCUT2D eigenvalue weighted by atomic mass is 32.2. The van der Waals surface area contributed by atoms with Gasteiger partial charge >= 0.3 is 0 Å². The molecule has 3 rings (SSSR count). The molecule has 2 saturated heterocycles. The number of hydrogen-bond donors (Lipinski definition) is 1. The minimum atomic E-state index is -0.724. The van der Waals surface area contributed by atoms with E-state index in [1.165, 1.54) is 0 Å². The molecular weight excluding hydrogens is 262 g/mol. The van der Waals surface area contributed by atoms with Gasteiger partial charge in [0.25, 0.3) is 0 Å². The zero-order valence-electron chi connectivity index (χ0n) is 11.6. The first-order valence-corrected chi connectivity index (χ1v) is 8.39. The van der Waals surface area contributed by atoms with Crippen LogP contribution >= 0.6 is 0 Å². The van der Waals surface area contributed by atoms with Gasteiger partial charge in [0.05, 0.1) is 17.5 Å². The zero-order chi connectivity index (χ0) is 13.5. The molecule has 0 aromatic carbocycles. The Morgan fingerprint density at radius 1 is 1.32 bits per heavy atom. The Hall–Kier alpha value is -0.460. The van der Waals surface area contributed by atoms with Gasteiger partial charge in [0.2, 0.25) is 5.91 Å². The molecular formula is C13H23N3O2S. The number of amides is 1. The van der Waals surface area contributed by atoms with Crippen LogP contribution < -0.4 is 5.32 Å². The predicted octanol–water partition coefficient (Wildman–Crippen LogP) is -0.0437. The lowest BCUT2D eigenvalue weighted by Gasteiger charge is -2.53. The number of nitrogens with one attached hydrogen (secondary N) is 1. The van der Waals surface area contributed by atoms with E-state index in [0.29, 0.717) is 17.2 Å². The first-order chi connectivity index (χ1) is 9.13. The van der Waals surface area contributed by atoms with Crippen molar-refractivity contribution in [2.24, 2.45) is 5.41 Å². The van der Waals surface area contributed by atoms with Crippen LogP contribution in [-0.2, 0) is 15.8 Å². The number of rotatable bonds is 4. The van der Waals surface area contributed by atoms with Gasteiger partial charge in [-0.15, -0.1) is 0 Å².